The SMILES string of the molecule is COCCCO[C@@H](c1ccccc1)[C@@H]1CCCN(C(=O)N[C@H](CNCC(C)C)CC2CCCCC2)C1. The van der Waals surface area contributed by atoms with E-state index in [1.807, 2.05) is 11.0 Å². The molecule has 1 heterocycles. The molecule has 0 aromatic heterocycles. The van der Waals surface area contributed by atoms with Crippen LogP contribution in [-0.2, 0) is 9.47 Å². The number of likely N-dealkylation sites (tertiary alicyclic amines) is 1. The number of hydrogen-bond donors (Lipinski definition) is 2. The maximum atomic E-state index is 13.5. The van der Waals surface area contributed by atoms with Gasteiger partial charge < -0.3 is 25.0 Å². The van der Waals surface area contributed by atoms with Crippen molar-refractivity contribution in [2.24, 2.45) is 17.8 Å². The summed E-state index contributed by atoms with van der Waals surface area (Å²) in [6.07, 6.45) is 10.7. The van der Waals surface area contributed by atoms with Gasteiger partial charge in [-0.3, -0.25) is 0 Å². The molecule has 6 nitrogen and oxygen atoms in total. The van der Waals surface area contributed by atoms with E-state index in [1.54, 1.807) is 7.11 Å². The number of amides is 2. The van der Waals surface area contributed by atoms with Crippen LogP contribution < -0.4 is 10.6 Å². The van der Waals surface area contributed by atoms with E-state index in [-0.39, 0.29) is 18.2 Å². The first-order valence-electron chi connectivity index (χ1n) is 14.5. The lowest BCUT2D eigenvalue weighted by Gasteiger charge is -2.38. The molecule has 36 heavy (non-hydrogen) atoms. The number of carbonyl (C=O) groups excluding carboxylic acids is 1. The van der Waals surface area contributed by atoms with Crippen molar-refractivity contribution in [3.63, 3.8) is 0 Å². The summed E-state index contributed by atoms with van der Waals surface area (Å²) in [7, 11) is 1.73. The lowest BCUT2D eigenvalue weighted by atomic mass is 9.84. The maximum absolute atomic E-state index is 13.5. The molecule has 204 valence electrons. The Morgan fingerprint density at radius 2 is 1.81 bits per heavy atom. The Labute approximate surface area is 219 Å². The molecule has 0 unspecified atom stereocenters. The van der Waals surface area contributed by atoms with Gasteiger partial charge in [0.2, 0.25) is 0 Å². The highest BCUT2D eigenvalue weighted by molar-refractivity contribution is 5.74. The average Bonchev–Trinajstić information content (AvgIpc) is 2.89. The number of ether oxygens (including phenoxy) is 2. The van der Waals surface area contributed by atoms with Crippen molar-refractivity contribution in [1.29, 1.82) is 0 Å². The molecule has 2 fully saturated rings. The van der Waals surface area contributed by atoms with E-state index < -0.39 is 0 Å². The van der Waals surface area contributed by atoms with Crippen LogP contribution in [0.3, 0.4) is 0 Å². The zero-order chi connectivity index (χ0) is 25.6. The van der Waals surface area contributed by atoms with Crippen LogP contribution in [-0.4, -0.2) is 63.5 Å². The van der Waals surface area contributed by atoms with Gasteiger partial charge in [-0.25, -0.2) is 4.79 Å². The zero-order valence-electron chi connectivity index (χ0n) is 23.1. The lowest BCUT2D eigenvalue weighted by Crippen LogP contribution is -2.52. The van der Waals surface area contributed by atoms with Crippen molar-refractivity contribution in [3.05, 3.63) is 35.9 Å². The zero-order valence-corrected chi connectivity index (χ0v) is 23.1. The van der Waals surface area contributed by atoms with Crippen LogP contribution in [0.5, 0.6) is 0 Å². The minimum Gasteiger partial charge on any atom is -0.385 e. The molecular weight excluding hydrogens is 450 g/mol. The third-order valence-electron chi connectivity index (χ3n) is 7.71. The lowest BCUT2D eigenvalue weighted by molar-refractivity contribution is -0.0168. The monoisotopic (exact) mass is 501 g/mol. The second kappa shape index (κ2) is 16.3. The Morgan fingerprint density at radius 3 is 2.53 bits per heavy atom. The first-order valence-corrected chi connectivity index (χ1v) is 14.5. The van der Waals surface area contributed by atoms with E-state index in [0.717, 1.165) is 57.8 Å². The molecule has 0 bridgehead atoms. The molecule has 3 rings (SSSR count). The predicted molar refractivity (Wildman–Crippen MR) is 147 cm³/mol. The Bertz CT molecular complexity index is 723. The summed E-state index contributed by atoms with van der Waals surface area (Å²) in [6.45, 7) is 9.24. The number of urea groups is 1. The number of nitrogens with one attached hydrogen (secondary N) is 2. The molecule has 1 aliphatic carbocycles. The number of carbonyl (C=O) groups is 1. The Kier molecular flexibility index (Phi) is 13.1. The fraction of sp³-hybridized carbons (Fsp3) is 0.767. The highest BCUT2D eigenvalue weighted by Crippen LogP contribution is 2.33. The molecule has 1 aliphatic heterocycles. The summed E-state index contributed by atoms with van der Waals surface area (Å²) in [5.41, 5.74) is 1.20. The fourth-order valence-corrected chi connectivity index (χ4v) is 5.83. The van der Waals surface area contributed by atoms with Crippen LogP contribution in [0, 0.1) is 17.8 Å². The highest BCUT2D eigenvalue weighted by Gasteiger charge is 2.32. The topological polar surface area (TPSA) is 62.8 Å². The van der Waals surface area contributed by atoms with Gasteiger partial charge in [-0.15, -0.1) is 0 Å². The molecule has 1 aromatic rings. The minimum absolute atomic E-state index is 0.00407. The van der Waals surface area contributed by atoms with Gasteiger partial charge in [0.15, 0.2) is 0 Å². The molecule has 1 saturated heterocycles. The Morgan fingerprint density at radius 1 is 1.03 bits per heavy atom. The van der Waals surface area contributed by atoms with Crippen LogP contribution in [0.15, 0.2) is 30.3 Å². The van der Waals surface area contributed by atoms with Crippen molar-refractivity contribution in [2.45, 2.75) is 83.8 Å². The minimum atomic E-state index is 0.00407. The Balaban J connectivity index is 1.60. The van der Waals surface area contributed by atoms with Gasteiger partial charge in [0.1, 0.15) is 0 Å². The molecule has 2 amide bonds. The quantitative estimate of drug-likeness (QED) is 0.317. The largest absolute Gasteiger partial charge is 0.385 e. The molecule has 2 aliphatic rings. The van der Waals surface area contributed by atoms with E-state index in [4.69, 9.17) is 9.47 Å². The number of nitrogens with zero attached hydrogens (tertiary/aromatic N) is 1. The van der Waals surface area contributed by atoms with Crippen LogP contribution >= 0.6 is 0 Å². The van der Waals surface area contributed by atoms with Gasteiger partial charge in [0, 0.05) is 51.9 Å². The van der Waals surface area contributed by atoms with Crippen LogP contribution in [0.4, 0.5) is 4.79 Å². The van der Waals surface area contributed by atoms with Gasteiger partial charge in [-0.05, 0) is 49.6 Å². The summed E-state index contributed by atoms with van der Waals surface area (Å²) in [4.78, 5) is 15.5. The number of benzene rings is 1. The van der Waals surface area contributed by atoms with Gasteiger partial charge in [-0.1, -0.05) is 76.3 Å². The normalized spacial score (nSPS) is 20.9. The molecule has 2 N–H and O–H groups in total. The number of rotatable bonds is 14. The fourth-order valence-electron chi connectivity index (χ4n) is 5.83. The number of methoxy groups -OCH3 is 1. The van der Waals surface area contributed by atoms with E-state index in [9.17, 15) is 4.79 Å². The van der Waals surface area contributed by atoms with Crippen LogP contribution in [0.25, 0.3) is 0 Å². The van der Waals surface area contributed by atoms with E-state index in [2.05, 4.69) is 48.7 Å². The smallest absolute Gasteiger partial charge is 0.317 e. The van der Waals surface area contributed by atoms with Crippen LogP contribution in [0.1, 0.15) is 83.3 Å². The predicted octanol–water partition coefficient (Wildman–Crippen LogP) is 5.79. The third-order valence-corrected chi connectivity index (χ3v) is 7.71. The van der Waals surface area contributed by atoms with Gasteiger partial charge in [0.05, 0.1) is 6.10 Å². The molecular formula is C30H51N3O3. The summed E-state index contributed by atoms with van der Waals surface area (Å²) in [5, 5.41) is 7.04. The van der Waals surface area contributed by atoms with Crippen molar-refractivity contribution in [3.8, 4) is 0 Å². The average molecular weight is 502 g/mol. The molecule has 1 aromatic carbocycles. The maximum Gasteiger partial charge on any atom is 0.317 e. The number of hydrogen-bond acceptors (Lipinski definition) is 4. The molecule has 3 atom stereocenters. The molecule has 0 radical (unpaired) electrons. The van der Waals surface area contributed by atoms with Crippen molar-refractivity contribution in [2.75, 3.05) is 46.5 Å². The van der Waals surface area contributed by atoms with Crippen molar-refractivity contribution in [1.82, 2.24) is 15.5 Å². The van der Waals surface area contributed by atoms with E-state index in [0.29, 0.717) is 25.0 Å². The van der Waals surface area contributed by atoms with Gasteiger partial charge >= 0.3 is 6.03 Å². The van der Waals surface area contributed by atoms with E-state index >= 15 is 0 Å². The summed E-state index contributed by atoms with van der Waals surface area (Å²) < 4.78 is 11.6. The van der Waals surface area contributed by atoms with Gasteiger partial charge in [0.25, 0.3) is 0 Å². The van der Waals surface area contributed by atoms with Gasteiger partial charge in [-0.2, -0.15) is 0 Å². The summed E-state index contributed by atoms with van der Waals surface area (Å²) >= 11 is 0. The summed E-state index contributed by atoms with van der Waals surface area (Å²) in [6, 6.07) is 10.8. The highest BCUT2D eigenvalue weighted by atomic mass is 16.5. The molecule has 1 saturated carbocycles. The standard InChI is InChI=1S/C30H51N3O3/c1-24(2)21-31-22-28(20-25-12-6-4-7-13-25)32-30(34)33-17-10-16-27(23-33)29(36-19-11-18-35-3)26-14-8-5-9-15-26/h5,8-9,14-15,24-25,27-29,31H,4,6-7,10-13,16-23H2,1-3H3,(H,32,34)/t27-,28+,29+/m1/s1. The summed E-state index contributed by atoms with van der Waals surface area (Å²) in [5.74, 6) is 1.64. The second-order valence-electron chi connectivity index (χ2n) is 11.3. The van der Waals surface area contributed by atoms with Crippen molar-refractivity contribution >= 4 is 6.03 Å². The van der Waals surface area contributed by atoms with Crippen LogP contribution in [0.2, 0.25) is 0 Å². The van der Waals surface area contributed by atoms with Crippen molar-refractivity contribution < 1.29 is 14.3 Å². The third kappa shape index (κ3) is 10.0. The molecule has 0 spiro atoms. The first kappa shape index (κ1) is 28.9. The Hall–Kier alpha value is -1.63. The van der Waals surface area contributed by atoms with E-state index in [1.165, 1.54) is 37.7 Å². The molecule has 6 heteroatoms. The first-order chi connectivity index (χ1) is 17.6. The number of piperidine rings is 1. The second-order valence-corrected chi connectivity index (χ2v) is 11.3.